The Morgan fingerprint density at radius 1 is 1.21 bits per heavy atom. The lowest BCUT2D eigenvalue weighted by molar-refractivity contribution is -0.115. The van der Waals surface area contributed by atoms with Gasteiger partial charge in [-0.1, -0.05) is 23.9 Å². The lowest BCUT2D eigenvalue weighted by Gasteiger charge is -2.12. The van der Waals surface area contributed by atoms with E-state index >= 15 is 0 Å². The summed E-state index contributed by atoms with van der Waals surface area (Å²) in [6.45, 7) is 3.87. The smallest absolute Gasteiger partial charge is 0.237 e. The quantitative estimate of drug-likeness (QED) is 0.603. The van der Waals surface area contributed by atoms with Crippen LogP contribution in [0.3, 0.4) is 0 Å². The van der Waals surface area contributed by atoms with E-state index in [1.54, 1.807) is 0 Å². The van der Waals surface area contributed by atoms with Crippen molar-refractivity contribution in [3.05, 3.63) is 54.1 Å². The molecule has 1 aliphatic carbocycles. The van der Waals surface area contributed by atoms with Crippen molar-refractivity contribution in [3.8, 4) is 11.5 Å². The molecule has 0 radical (unpaired) electrons. The lowest BCUT2D eigenvalue weighted by Crippen LogP contribution is -2.22. The lowest BCUT2D eigenvalue weighted by atomic mass is 10.2. The molecular formula is C20H21N5O2S. The number of nitrogens with one attached hydrogen (secondary N) is 1. The Balaban J connectivity index is 1.34. The van der Waals surface area contributed by atoms with E-state index in [1.165, 1.54) is 11.8 Å². The van der Waals surface area contributed by atoms with Gasteiger partial charge in [0.25, 0.3) is 0 Å². The fraction of sp³-hybridized carbons (Fsp3) is 0.300. The summed E-state index contributed by atoms with van der Waals surface area (Å²) in [7, 11) is 0. The van der Waals surface area contributed by atoms with Crippen LogP contribution in [0.1, 0.15) is 31.4 Å². The third-order valence-electron chi connectivity index (χ3n) is 4.35. The zero-order valence-corrected chi connectivity index (χ0v) is 16.5. The highest BCUT2D eigenvalue weighted by molar-refractivity contribution is 8.00. The number of amides is 1. The monoisotopic (exact) mass is 395 g/mol. The molecule has 0 saturated heterocycles. The average molecular weight is 395 g/mol. The van der Waals surface area contributed by atoms with Crippen LogP contribution in [0.25, 0.3) is 0 Å². The van der Waals surface area contributed by atoms with Gasteiger partial charge in [0.1, 0.15) is 11.5 Å². The van der Waals surface area contributed by atoms with Crippen LogP contribution < -0.4 is 10.1 Å². The molecule has 1 amide bonds. The van der Waals surface area contributed by atoms with E-state index in [0.717, 1.165) is 35.6 Å². The highest BCUT2D eigenvalue weighted by atomic mass is 32.2. The van der Waals surface area contributed by atoms with Crippen LogP contribution in [-0.2, 0) is 4.79 Å². The Labute approximate surface area is 167 Å². The number of hydrogen-bond acceptors (Lipinski definition) is 6. The number of ether oxygens (including phenoxy) is 1. The van der Waals surface area contributed by atoms with E-state index in [4.69, 9.17) is 4.74 Å². The number of aromatic nitrogens is 4. The van der Waals surface area contributed by atoms with Gasteiger partial charge >= 0.3 is 0 Å². The van der Waals surface area contributed by atoms with Crippen molar-refractivity contribution >= 4 is 23.4 Å². The van der Waals surface area contributed by atoms with Crippen molar-refractivity contribution in [1.82, 2.24) is 20.2 Å². The molecule has 1 atom stereocenters. The summed E-state index contributed by atoms with van der Waals surface area (Å²) in [5, 5.41) is 15.1. The molecule has 3 aromatic rings. The van der Waals surface area contributed by atoms with Gasteiger partial charge in [-0.2, -0.15) is 0 Å². The van der Waals surface area contributed by atoms with Crippen LogP contribution in [-0.4, -0.2) is 31.4 Å². The summed E-state index contributed by atoms with van der Waals surface area (Å²) in [5.74, 6) is 1.41. The summed E-state index contributed by atoms with van der Waals surface area (Å²) < 4.78 is 7.65. The number of hydrogen-bond donors (Lipinski definition) is 1. The summed E-state index contributed by atoms with van der Waals surface area (Å²) in [5.41, 5.74) is 1.86. The molecule has 1 aromatic heterocycles. The molecule has 1 heterocycles. The van der Waals surface area contributed by atoms with Gasteiger partial charge in [0.2, 0.25) is 11.1 Å². The maximum atomic E-state index is 12.5. The minimum absolute atomic E-state index is 0.0947. The average Bonchev–Trinajstić information content (AvgIpc) is 3.42. The van der Waals surface area contributed by atoms with Crippen molar-refractivity contribution < 1.29 is 9.53 Å². The predicted octanol–water partition coefficient (Wildman–Crippen LogP) is 4.23. The largest absolute Gasteiger partial charge is 0.457 e. The van der Waals surface area contributed by atoms with Crippen molar-refractivity contribution in [2.45, 2.75) is 43.1 Å². The number of carbonyl (C=O) groups excluding carboxylic acids is 1. The van der Waals surface area contributed by atoms with Gasteiger partial charge in [0.15, 0.2) is 0 Å². The molecular weight excluding hydrogens is 374 g/mol. The zero-order valence-electron chi connectivity index (χ0n) is 15.7. The zero-order chi connectivity index (χ0) is 19.5. The van der Waals surface area contributed by atoms with E-state index in [9.17, 15) is 4.79 Å². The first-order chi connectivity index (χ1) is 13.6. The number of thioether (sulfide) groups is 1. The van der Waals surface area contributed by atoms with Crippen LogP contribution in [0.4, 0.5) is 5.69 Å². The summed E-state index contributed by atoms with van der Waals surface area (Å²) in [6.07, 6.45) is 2.19. The third-order valence-corrected chi connectivity index (χ3v) is 5.40. The van der Waals surface area contributed by atoms with Gasteiger partial charge in [-0.3, -0.25) is 4.79 Å². The molecule has 1 N–H and O–H groups in total. The minimum atomic E-state index is -0.313. The standard InChI is InChI=1S/C20H21N5O2S/c1-13-4-3-5-18(12-13)27-17-10-6-15(7-11-17)21-19(26)14(2)28-20-22-23-24-25(20)16-8-9-16/h3-7,10-12,14,16H,8-9H2,1-2H3,(H,21,26). The van der Waals surface area contributed by atoms with Gasteiger partial charge in [-0.05, 0) is 79.1 Å². The predicted molar refractivity (Wildman–Crippen MR) is 108 cm³/mol. The topological polar surface area (TPSA) is 81.9 Å². The van der Waals surface area contributed by atoms with E-state index in [-0.39, 0.29) is 11.2 Å². The molecule has 144 valence electrons. The number of anilines is 1. The summed E-state index contributed by atoms with van der Waals surface area (Å²) in [6, 6.07) is 15.6. The first kappa shape index (κ1) is 18.5. The first-order valence-electron chi connectivity index (χ1n) is 9.18. The summed E-state index contributed by atoms with van der Waals surface area (Å²) >= 11 is 1.37. The normalized spacial score (nSPS) is 14.5. The number of aryl methyl sites for hydroxylation is 1. The number of rotatable bonds is 7. The second-order valence-electron chi connectivity index (χ2n) is 6.83. The Morgan fingerprint density at radius 3 is 2.71 bits per heavy atom. The molecule has 1 unspecified atom stereocenters. The van der Waals surface area contributed by atoms with Gasteiger partial charge in [0.05, 0.1) is 11.3 Å². The second-order valence-corrected chi connectivity index (χ2v) is 8.14. The molecule has 0 bridgehead atoms. The SMILES string of the molecule is Cc1cccc(Oc2ccc(NC(=O)C(C)Sc3nnnn3C3CC3)cc2)c1. The first-order valence-corrected chi connectivity index (χ1v) is 10.1. The van der Waals surface area contributed by atoms with E-state index in [1.807, 2.05) is 67.1 Å². The number of nitrogens with zero attached hydrogens (tertiary/aromatic N) is 4. The fourth-order valence-corrected chi connectivity index (χ4v) is 3.55. The van der Waals surface area contributed by atoms with Crippen molar-refractivity contribution in [3.63, 3.8) is 0 Å². The van der Waals surface area contributed by atoms with Gasteiger partial charge in [-0.25, -0.2) is 4.68 Å². The Bertz CT molecular complexity index is 969. The Morgan fingerprint density at radius 2 is 2.00 bits per heavy atom. The second kappa shape index (κ2) is 8.02. The fourth-order valence-electron chi connectivity index (χ4n) is 2.69. The number of tetrazole rings is 1. The Kier molecular flexibility index (Phi) is 5.29. The van der Waals surface area contributed by atoms with Gasteiger partial charge in [-0.15, -0.1) is 5.10 Å². The van der Waals surface area contributed by atoms with Crippen molar-refractivity contribution in [2.75, 3.05) is 5.32 Å². The molecule has 1 aliphatic rings. The van der Waals surface area contributed by atoms with Crippen LogP contribution in [0.15, 0.2) is 53.7 Å². The van der Waals surface area contributed by atoms with Crippen LogP contribution in [0, 0.1) is 6.92 Å². The molecule has 8 heteroatoms. The highest BCUT2D eigenvalue weighted by Gasteiger charge is 2.29. The summed E-state index contributed by atoms with van der Waals surface area (Å²) in [4.78, 5) is 12.5. The molecule has 0 aliphatic heterocycles. The molecule has 1 fully saturated rings. The number of benzene rings is 2. The van der Waals surface area contributed by atoms with Crippen molar-refractivity contribution in [2.24, 2.45) is 0 Å². The minimum Gasteiger partial charge on any atom is -0.457 e. The molecule has 1 saturated carbocycles. The molecule has 0 spiro atoms. The number of carbonyl (C=O) groups is 1. The van der Waals surface area contributed by atoms with Crippen LogP contribution in [0.2, 0.25) is 0 Å². The van der Waals surface area contributed by atoms with E-state index < -0.39 is 0 Å². The molecule has 7 nitrogen and oxygen atoms in total. The maximum Gasteiger partial charge on any atom is 0.237 e. The van der Waals surface area contributed by atoms with Crippen LogP contribution >= 0.6 is 11.8 Å². The van der Waals surface area contributed by atoms with Gasteiger partial charge in [0, 0.05) is 5.69 Å². The van der Waals surface area contributed by atoms with Crippen LogP contribution in [0.5, 0.6) is 11.5 Å². The maximum absolute atomic E-state index is 12.5. The van der Waals surface area contributed by atoms with Crippen molar-refractivity contribution in [1.29, 1.82) is 0 Å². The van der Waals surface area contributed by atoms with E-state index in [2.05, 4.69) is 20.8 Å². The Hall–Kier alpha value is -2.87. The highest BCUT2D eigenvalue weighted by Crippen LogP contribution is 2.37. The van der Waals surface area contributed by atoms with E-state index in [0.29, 0.717) is 11.2 Å². The third kappa shape index (κ3) is 4.51. The molecule has 2 aromatic carbocycles. The van der Waals surface area contributed by atoms with Gasteiger partial charge < -0.3 is 10.1 Å². The molecule has 4 rings (SSSR count). The molecule has 28 heavy (non-hydrogen) atoms.